The normalized spacial score (nSPS) is 22.0. The topological polar surface area (TPSA) is 72.3 Å². The number of ether oxygens (including phenoxy) is 1. The van der Waals surface area contributed by atoms with Gasteiger partial charge in [0.05, 0.1) is 22.5 Å². The van der Waals surface area contributed by atoms with E-state index in [1.807, 2.05) is 72.2 Å². The van der Waals surface area contributed by atoms with Crippen LogP contribution in [0.5, 0.6) is 5.75 Å². The number of rotatable bonds is 2. The smallest absolute Gasteiger partial charge is 0.270 e. The van der Waals surface area contributed by atoms with Gasteiger partial charge in [-0.2, -0.15) is 5.10 Å². The Hall–Kier alpha value is -3.45. The van der Waals surface area contributed by atoms with Gasteiger partial charge in [0.15, 0.2) is 4.80 Å². The second-order valence-electron chi connectivity index (χ2n) is 7.78. The third kappa shape index (κ3) is 2.59. The fourth-order valence-corrected chi connectivity index (χ4v) is 5.43. The Morgan fingerprint density at radius 1 is 1.20 bits per heavy atom. The van der Waals surface area contributed by atoms with Crippen LogP contribution in [-0.2, 0) is 0 Å². The minimum absolute atomic E-state index is 0.0253. The van der Waals surface area contributed by atoms with E-state index in [4.69, 9.17) is 9.73 Å². The first-order chi connectivity index (χ1) is 14.6. The number of fused-ring (bicyclic) bond motifs is 6. The van der Waals surface area contributed by atoms with Crippen LogP contribution in [-0.4, -0.2) is 20.5 Å². The van der Waals surface area contributed by atoms with Gasteiger partial charge in [-0.1, -0.05) is 59.9 Å². The summed E-state index contributed by atoms with van der Waals surface area (Å²) >= 11 is 1.40. The van der Waals surface area contributed by atoms with Crippen molar-refractivity contribution in [3.63, 3.8) is 0 Å². The molecule has 2 aromatic carbocycles. The SMILES string of the molecule is CC12CC(c3ccccc3O1)n1c(sc(=Cc3cn[nH]c3-c3ccccc3)c1=O)=N2. The van der Waals surface area contributed by atoms with Gasteiger partial charge >= 0.3 is 0 Å². The molecule has 2 aromatic heterocycles. The third-order valence-corrected chi connectivity index (χ3v) is 6.66. The van der Waals surface area contributed by atoms with E-state index in [1.54, 1.807) is 6.20 Å². The molecule has 2 unspecified atom stereocenters. The summed E-state index contributed by atoms with van der Waals surface area (Å²) in [7, 11) is 0. The molecule has 2 atom stereocenters. The lowest BCUT2D eigenvalue weighted by Gasteiger charge is -2.39. The molecule has 0 fully saturated rings. The monoisotopic (exact) mass is 414 g/mol. The molecule has 6 nitrogen and oxygen atoms in total. The molecule has 0 radical (unpaired) electrons. The Morgan fingerprint density at radius 2 is 2.00 bits per heavy atom. The lowest BCUT2D eigenvalue weighted by atomic mass is 9.93. The molecule has 1 N–H and O–H groups in total. The molecule has 2 aliphatic rings. The average molecular weight is 414 g/mol. The van der Waals surface area contributed by atoms with Gasteiger partial charge in [-0.15, -0.1) is 0 Å². The van der Waals surface area contributed by atoms with Crippen molar-refractivity contribution in [1.82, 2.24) is 14.8 Å². The summed E-state index contributed by atoms with van der Waals surface area (Å²) in [5, 5.41) is 7.25. The van der Waals surface area contributed by atoms with Gasteiger partial charge < -0.3 is 4.74 Å². The number of H-pyrrole nitrogens is 1. The standard InChI is InChI=1S/C23H18N4O2S/c1-23-12-17(16-9-5-6-10-18(16)29-23)27-21(28)19(30-22(27)25-23)11-15-13-24-26-20(15)14-7-3-2-4-8-14/h2-11,13,17H,12H2,1H3,(H,24,26). The van der Waals surface area contributed by atoms with Crippen LogP contribution in [0.1, 0.15) is 30.5 Å². The van der Waals surface area contributed by atoms with Crippen LogP contribution < -0.4 is 19.6 Å². The molecular formula is C23H18N4O2S. The summed E-state index contributed by atoms with van der Waals surface area (Å²) in [6, 6.07) is 17.8. The van der Waals surface area contributed by atoms with Crippen LogP contribution in [0, 0.1) is 0 Å². The molecule has 0 spiro atoms. The van der Waals surface area contributed by atoms with E-state index >= 15 is 0 Å². The number of aromatic amines is 1. The van der Waals surface area contributed by atoms with Crippen molar-refractivity contribution in [3.8, 4) is 17.0 Å². The fourth-order valence-electron chi connectivity index (χ4n) is 4.32. The molecule has 0 amide bonds. The van der Waals surface area contributed by atoms with Crippen molar-refractivity contribution in [2.45, 2.75) is 25.1 Å². The highest BCUT2D eigenvalue weighted by Crippen LogP contribution is 2.42. The van der Waals surface area contributed by atoms with Gasteiger partial charge in [0, 0.05) is 23.1 Å². The summed E-state index contributed by atoms with van der Waals surface area (Å²) in [5.74, 6) is 0.801. The Bertz CT molecular complexity index is 1450. The molecule has 0 saturated carbocycles. The molecule has 0 saturated heterocycles. The van der Waals surface area contributed by atoms with Crippen LogP contribution >= 0.6 is 11.3 Å². The van der Waals surface area contributed by atoms with Gasteiger partial charge in [-0.25, -0.2) is 4.99 Å². The molecule has 2 bridgehead atoms. The summed E-state index contributed by atoms with van der Waals surface area (Å²) < 4.78 is 8.64. The second kappa shape index (κ2) is 6.27. The van der Waals surface area contributed by atoms with Gasteiger partial charge in [0.1, 0.15) is 5.75 Å². The molecule has 30 heavy (non-hydrogen) atoms. The Balaban J connectivity index is 1.55. The van der Waals surface area contributed by atoms with Crippen LogP contribution in [0.15, 0.2) is 70.6 Å². The number of hydrogen-bond acceptors (Lipinski definition) is 5. The first kappa shape index (κ1) is 17.4. The summed E-state index contributed by atoms with van der Waals surface area (Å²) in [5.41, 5.74) is 3.15. The summed E-state index contributed by atoms with van der Waals surface area (Å²) in [6.45, 7) is 1.98. The molecule has 6 rings (SSSR count). The van der Waals surface area contributed by atoms with E-state index < -0.39 is 5.72 Å². The predicted octanol–water partition coefficient (Wildman–Crippen LogP) is 2.85. The first-order valence-electron chi connectivity index (χ1n) is 9.81. The molecule has 0 aliphatic carbocycles. The average Bonchev–Trinajstić information content (AvgIpc) is 3.33. The maximum Gasteiger partial charge on any atom is 0.270 e. The molecule has 2 aliphatic heterocycles. The second-order valence-corrected chi connectivity index (χ2v) is 8.79. The minimum atomic E-state index is -0.654. The number of benzene rings is 2. The highest BCUT2D eigenvalue weighted by Gasteiger charge is 2.42. The zero-order valence-corrected chi connectivity index (χ0v) is 17.0. The fraction of sp³-hybridized carbons (Fsp3) is 0.174. The molecule has 148 valence electrons. The highest BCUT2D eigenvalue weighted by atomic mass is 32.1. The van der Waals surface area contributed by atoms with Crippen molar-refractivity contribution >= 4 is 17.4 Å². The molecule has 4 aromatic rings. The lowest BCUT2D eigenvalue weighted by molar-refractivity contribution is 0.0410. The first-order valence-corrected chi connectivity index (χ1v) is 10.6. The third-order valence-electron chi connectivity index (χ3n) is 5.68. The number of nitrogens with one attached hydrogen (secondary N) is 1. The Labute approximate surface area is 175 Å². The molecular weight excluding hydrogens is 396 g/mol. The van der Waals surface area contributed by atoms with Gasteiger partial charge in [0.2, 0.25) is 5.72 Å². The molecule has 7 heteroatoms. The van der Waals surface area contributed by atoms with Crippen molar-refractivity contribution in [2.75, 3.05) is 0 Å². The number of thiazole rings is 1. The van der Waals surface area contributed by atoms with E-state index in [2.05, 4.69) is 10.2 Å². The predicted molar refractivity (Wildman–Crippen MR) is 115 cm³/mol. The highest BCUT2D eigenvalue weighted by molar-refractivity contribution is 7.07. The Morgan fingerprint density at radius 3 is 2.87 bits per heavy atom. The van der Waals surface area contributed by atoms with E-state index in [-0.39, 0.29) is 11.6 Å². The number of aromatic nitrogens is 3. The quantitative estimate of drug-likeness (QED) is 0.548. The van der Waals surface area contributed by atoms with E-state index in [1.165, 1.54) is 11.3 Å². The van der Waals surface area contributed by atoms with E-state index in [0.717, 1.165) is 28.1 Å². The summed E-state index contributed by atoms with van der Waals surface area (Å²) in [4.78, 5) is 18.9. The maximum atomic E-state index is 13.4. The van der Waals surface area contributed by atoms with Crippen LogP contribution in [0.2, 0.25) is 0 Å². The maximum absolute atomic E-state index is 13.4. The van der Waals surface area contributed by atoms with Crippen molar-refractivity contribution < 1.29 is 4.74 Å². The number of hydrogen-bond donors (Lipinski definition) is 1. The van der Waals surface area contributed by atoms with Crippen LogP contribution in [0.3, 0.4) is 0 Å². The Kier molecular flexibility index (Phi) is 3.64. The lowest BCUT2D eigenvalue weighted by Crippen LogP contribution is -2.49. The van der Waals surface area contributed by atoms with E-state index in [9.17, 15) is 4.79 Å². The van der Waals surface area contributed by atoms with Crippen molar-refractivity contribution in [2.24, 2.45) is 4.99 Å². The van der Waals surface area contributed by atoms with Gasteiger partial charge in [-0.3, -0.25) is 14.5 Å². The molecule has 4 heterocycles. The zero-order valence-electron chi connectivity index (χ0n) is 16.2. The summed E-state index contributed by atoms with van der Waals surface area (Å²) in [6.07, 6.45) is 4.30. The van der Waals surface area contributed by atoms with Crippen molar-refractivity contribution in [3.05, 3.63) is 91.6 Å². The van der Waals surface area contributed by atoms with Gasteiger partial charge in [-0.05, 0) is 19.1 Å². The van der Waals surface area contributed by atoms with Crippen LogP contribution in [0.4, 0.5) is 0 Å². The van der Waals surface area contributed by atoms with Gasteiger partial charge in [0.25, 0.3) is 5.56 Å². The largest absolute Gasteiger partial charge is 0.466 e. The van der Waals surface area contributed by atoms with Crippen LogP contribution in [0.25, 0.3) is 17.3 Å². The van der Waals surface area contributed by atoms with Crippen molar-refractivity contribution in [1.29, 1.82) is 0 Å². The number of nitrogens with zero attached hydrogens (tertiary/aromatic N) is 3. The van der Waals surface area contributed by atoms with E-state index in [0.29, 0.717) is 15.8 Å². The number of para-hydroxylation sites is 1. The minimum Gasteiger partial charge on any atom is -0.466 e. The zero-order chi connectivity index (χ0) is 20.3.